The van der Waals surface area contributed by atoms with Crippen LogP contribution in [0.15, 0.2) is 42.7 Å². The number of para-hydroxylation sites is 1. The number of amides is 1. The molecule has 1 heterocycles. The van der Waals surface area contributed by atoms with Crippen molar-refractivity contribution in [1.82, 2.24) is 14.7 Å². The lowest BCUT2D eigenvalue weighted by molar-refractivity contribution is 0.0685. The normalized spacial score (nSPS) is 10.5. The van der Waals surface area contributed by atoms with Crippen LogP contribution in [-0.2, 0) is 0 Å². The Hall–Kier alpha value is -2.18. The van der Waals surface area contributed by atoms with Crippen LogP contribution in [0.3, 0.4) is 0 Å². The Labute approximate surface area is 116 Å². The van der Waals surface area contributed by atoms with Crippen molar-refractivity contribution in [3.63, 3.8) is 0 Å². The van der Waals surface area contributed by atoms with Gasteiger partial charge in [0, 0.05) is 19.3 Å². The topological polar surface area (TPSA) is 78.6 Å². The first-order chi connectivity index (χ1) is 9.76. The van der Waals surface area contributed by atoms with Crippen molar-refractivity contribution in [2.75, 3.05) is 26.3 Å². The average molecular weight is 275 g/mol. The number of rotatable bonds is 6. The van der Waals surface area contributed by atoms with Crippen LogP contribution in [0.1, 0.15) is 10.4 Å². The molecule has 0 saturated carbocycles. The van der Waals surface area contributed by atoms with E-state index < -0.39 is 0 Å². The summed E-state index contributed by atoms with van der Waals surface area (Å²) in [5, 5.41) is 22.0. The Morgan fingerprint density at radius 2 is 1.80 bits per heavy atom. The molecule has 0 bridgehead atoms. The maximum Gasteiger partial charge on any atom is 0.257 e. The zero-order valence-corrected chi connectivity index (χ0v) is 11.0. The molecule has 2 rings (SSSR count). The molecule has 106 valence electrons. The lowest BCUT2D eigenvalue weighted by Crippen LogP contribution is -2.35. The number of aliphatic hydroxyl groups is 2. The van der Waals surface area contributed by atoms with Crippen LogP contribution in [0.5, 0.6) is 0 Å². The minimum absolute atomic E-state index is 0.140. The van der Waals surface area contributed by atoms with Crippen LogP contribution in [-0.4, -0.2) is 57.1 Å². The van der Waals surface area contributed by atoms with Crippen molar-refractivity contribution >= 4 is 5.91 Å². The van der Waals surface area contributed by atoms with Gasteiger partial charge in [0.2, 0.25) is 0 Å². The summed E-state index contributed by atoms with van der Waals surface area (Å²) in [6.45, 7) is 0.100. The van der Waals surface area contributed by atoms with E-state index in [1.807, 2.05) is 30.3 Å². The van der Waals surface area contributed by atoms with Crippen LogP contribution in [0.25, 0.3) is 5.69 Å². The Morgan fingerprint density at radius 1 is 1.15 bits per heavy atom. The van der Waals surface area contributed by atoms with Crippen molar-refractivity contribution in [3.05, 3.63) is 48.3 Å². The van der Waals surface area contributed by atoms with Gasteiger partial charge in [-0.15, -0.1) is 0 Å². The van der Waals surface area contributed by atoms with Crippen LogP contribution in [0.4, 0.5) is 0 Å². The first-order valence-corrected chi connectivity index (χ1v) is 6.37. The highest BCUT2D eigenvalue weighted by Gasteiger charge is 2.16. The zero-order valence-electron chi connectivity index (χ0n) is 11.0. The Morgan fingerprint density at radius 3 is 2.40 bits per heavy atom. The van der Waals surface area contributed by atoms with Gasteiger partial charge in [-0.25, -0.2) is 4.68 Å². The van der Waals surface area contributed by atoms with Crippen molar-refractivity contribution in [2.45, 2.75) is 0 Å². The van der Waals surface area contributed by atoms with Gasteiger partial charge in [0.15, 0.2) is 0 Å². The number of nitrogens with zero attached hydrogens (tertiary/aromatic N) is 3. The number of aromatic nitrogens is 2. The third-order valence-corrected chi connectivity index (χ3v) is 2.88. The van der Waals surface area contributed by atoms with Crippen LogP contribution < -0.4 is 0 Å². The SMILES string of the molecule is O=C(c1cnn(-c2ccccc2)c1)N(CCO)CCO. The van der Waals surface area contributed by atoms with Crippen molar-refractivity contribution in [1.29, 1.82) is 0 Å². The lowest BCUT2D eigenvalue weighted by atomic mass is 10.3. The highest BCUT2D eigenvalue weighted by molar-refractivity contribution is 5.93. The third-order valence-electron chi connectivity index (χ3n) is 2.88. The van der Waals surface area contributed by atoms with Gasteiger partial charge in [0.1, 0.15) is 0 Å². The Kier molecular flexibility index (Phi) is 4.86. The fourth-order valence-corrected chi connectivity index (χ4v) is 1.89. The second kappa shape index (κ2) is 6.83. The van der Waals surface area contributed by atoms with Gasteiger partial charge < -0.3 is 15.1 Å². The predicted octanol–water partition coefficient (Wildman–Crippen LogP) is 0.299. The van der Waals surface area contributed by atoms with E-state index in [0.717, 1.165) is 5.69 Å². The highest BCUT2D eigenvalue weighted by Crippen LogP contribution is 2.09. The summed E-state index contributed by atoms with van der Waals surface area (Å²) in [6.07, 6.45) is 3.12. The molecule has 0 unspecified atom stereocenters. The van der Waals surface area contributed by atoms with E-state index in [1.165, 1.54) is 11.1 Å². The molecule has 0 radical (unpaired) electrons. The molecule has 0 atom stereocenters. The summed E-state index contributed by atoms with van der Waals surface area (Å²) in [6, 6.07) is 9.47. The monoisotopic (exact) mass is 275 g/mol. The largest absolute Gasteiger partial charge is 0.395 e. The molecule has 0 fully saturated rings. The maximum atomic E-state index is 12.2. The Bertz CT molecular complexity index is 548. The molecule has 0 spiro atoms. The molecular weight excluding hydrogens is 258 g/mol. The summed E-state index contributed by atoms with van der Waals surface area (Å²) in [7, 11) is 0. The molecular formula is C14H17N3O3. The van der Waals surface area contributed by atoms with E-state index in [9.17, 15) is 4.79 Å². The maximum absolute atomic E-state index is 12.2. The summed E-state index contributed by atoms with van der Waals surface area (Å²) < 4.78 is 1.61. The molecule has 1 aromatic carbocycles. The van der Waals surface area contributed by atoms with Gasteiger partial charge >= 0.3 is 0 Å². The molecule has 2 N–H and O–H groups in total. The number of hydrogen-bond donors (Lipinski definition) is 2. The lowest BCUT2D eigenvalue weighted by Gasteiger charge is -2.19. The molecule has 1 amide bonds. The van der Waals surface area contributed by atoms with E-state index in [4.69, 9.17) is 10.2 Å². The molecule has 0 aliphatic rings. The van der Waals surface area contributed by atoms with Gasteiger partial charge in [-0.05, 0) is 12.1 Å². The summed E-state index contributed by atoms with van der Waals surface area (Å²) in [5.74, 6) is -0.254. The quantitative estimate of drug-likeness (QED) is 0.794. The van der Waals surface area contributed by atoms with Gasteiger partial charge in [-0.2, -0.15) is 5.10 Å². The van der Waals surface area contributed by atoms with E-state index in [2.05, 4.69) is 5.10 Å². The zero-order chi connectivity index (χ0) is 14.4. The van der Waals surface area contributed by atoms with Crippen molar-refractivity contribution < 1.29 is 15.0 Å². The number of benzene rings is 1. The standard InChI is InChI=1S/C14H17N3O3/c18-8-6-16(7-9-19)14(20)12-10-15-17(11-12)13-4-2-1-3-5-13/h1-5,10-11,18-19H,6-9H2. The fourth-order valence-electron chi connectivity index (χ4n) is 1.89. The first kappa shape index (κ1) is 14.2. The van der Waals surface area contributed by atoms with E-state index in [0.29, 0.717) is 5.56 Å². The smallest absolute Gasteiger partial charge is 0.257 e. The summed E-state index contributed by atoms with van der Waals surface area (Å²) in [5.41, 5.74) is 1.29. The van der Waals surface area contributed by atoms with Crippen LogP contribution in [0.2, 0.25) is 0 Å². The minimum Gasteiger partial charge on any atom is -0.395 e. The number of carbonyl (C=O) groups excluding carboxylic acids is 1. The van der Waals surface area contributed by atoms with Gasteiger partial charge in [-0.3, -0.25) is 4.79 Å². The number of hydrogen-bond acceptors (Lipinski definition) is 4. The Balaban J connectivity index is 2.17. The predicted molar refractivity (Wildman–Crippen MR) is 73.6 cm³/mol. The number of carbonyl (C=O) groups is 1. The highest BCUT2D eigenvalue weighted by atomic mass is 16.3. The molecule has 0 aliphatic carbocycles. The average Bonchev–Trinajstić information content (AvgIpc) is 2.97. The molecule has 0 saturated heterocycles. The molecule has 1 aromatic heterocycles. The van der Waals surface area contributed by atoms with E-state index >= 15 is 0 Å². The minimum atomic E-state index is -0.254. The van der Waals surface area contributed by atoms with Gasteiger partial charge in [0.05, 0.1) is 30.7 Å². The summed E-state index contributed by atoms with van der Waals surface area (Å²) >= 11 is 0. The van der Waals surface area contributed by atoms with Crippen LogP contribution in [0, 0.1) is 0 Å². The number of aliphatic hydroxyl groups excluding tert-OH is 2. The van der Waals surface area contributed by atoms with Gasteiger partial charge in [-0.1, -0.05) is 18.2 Å². The third kappa shape index (κ3) is 3.23. The fraction of sp³-hybridized carbons (Fsp3) is 0.286. The molecule has 20 heavy (non-hydrogen) atoms. The second-order valence-corrected chi connectivity index (χ2v) is 4.25. The molecule has 6 nitrogen and oxygen atoms in total. The van der Waals surface area contributed by atoms with E-state index in [1.54, 1.807) is 10.9 Å². The molecule has 6 heteroatoms. The van der Waals surface area contributed by atoms with Crippen molar-refractivity contribution in [2.24, 2.45) is 0 Å². The molecule has 0 aliphatic heterocycles. The molecule has 2 aromatic rings. The van der Waals surface area contributed by atoms with Crippen LogP contribution >= 0.6 is 0 Å². The van der Waals surface area contributed by atoms with E-state index in [-0.39, 0.29) is 32.2 Å². The van der Waals surface area contributed by atoms with Crippen molar-refractivity contribution in [3.8, 4) is 5.69 Å². The first-order valence-electron chi connectivity index (χ1n) is 6.37. The second-order valence-electron chi connectivity index (χ2n) is 4.25. The van der Waals surface area contributed by atoms with Gasteiger partial charge in [0.25, 0.3) is 5.91 Å². The summed E-state index contributed by atoms with van der Waals surface area (Å²) in [4.78, 5) is 13.6.